The molecule has 22 heteroatoms. The Balaban J connectivity index is 1.72. The van der Waals surface area contributed by atoms with E-state index >= 15 is 0 Å². The van der Waals surface area contributed by atoms with Crippen molar-refractivity contribution in [1.82, 2.24) is 10.6 Å². The zero-order chi connectivity index (χ0) is 60.9. The number of nitrogens with one attached hydrogen (secondary N) is 2. The summed E-state index contributed by atoms with van der Waals surface area (Å²) >= 11 is 0. The Morgan fingerprint density at radius 1 is 0.446 bits per heavy atom. The topological polar surface area (TPSA) is 356 Å². The van der Waals surface area contributed by atoms with Gasteiger partial charge in [-0.25, -0.2) is 0 Å². The molecule has 22 nitrogen and oxygen atoms in total. The van der Waals surface area contributed by atoms with Crippen LogP contribution in [0, 0.1) is 0 Å². The summed E-state index contributed by atoms with van der Waals surface area (Å²) in [7, 11) is 0. The fourth-order valence-electron chi connectivity index (χ4n) is 11.4. The van der Waals surface area contributed by atoms with Crippen molar-refractivity contribution >= 4 is 11.8 Å². The largest absolute Gasteiger partial charge is 0.394 e. The van der Waals surface area contributed by atoms with Gasteiger partial charge in [0.25, 0.3) is 0 Å². The van der Waals surface area contributed by atoms with E-state index in [0.29, 0.717) is 12.8 Å². The smallest absolute Gasteiger partial charge is 0.249 e. The van der Waals surface area contributed by atoms with Gasteiger partial charge in [-0.1, -0.05) is 213 Å². The molecule has 0 bridgehead atoms. The molecule has 0 aromatic rings. The minimum absolute atomic E-state index is 0.122. The number of carbonyl (C=O) groups excluding carboxylic acids is 2. The van der Waals surface area contributed by atoms with Crippen LogP contribution in [-0.2, 0) is 38.0 Å². The minimum atomic E-state index is -2.03. The highest BCUT2D eigenvalue weighted by molar-refractivity contribution is 5.80. The Hall–Kier alpha value is -1.78. The molecule has 3 saturated heterocycles. The number of rotatable bonds is 48. The van der Waals surface area contributed by atoms with Crippen LogP contribution >= 0.6 is 0 Å². The number of hydrogen-bond donors (Lipinski definition) is 14. The van der Waals surface area contributed by atoms with Gasteiger partial charge in [-0.05, 0) is 12.8 Å². The summed E-state index contributed by atoms with van der Waals surface area (Å²) in [6.45, 7) is 2.26. The summed E-state index contributed by atoms with van der Waals surface area (Å²) in [5, 5.41) is 136. The van der Waals surface area contributed by atoms with Gasteiger partial charge < -0.3 is 100 Å². The lowest BCUT2D eigenvalue weighted by Crippen LogP contribution is -2.69. The first-order chi connectivity index (χ1) is 40.0. The van der Waals surface area contributed by atoms with Gasteiger partial charge in [-0.2, -0.15) is 0 Å². The lowest BCUT2D eigenvalue weighted by Gasteiger charge is -2.49. The lowest BCUT2D eigenvalue weighted by molar-refractivity contribution is -0.387. The molecule has 3 aliphatic rings. The van der Waals surface area contributed by atoms with Gasteiger partial charge in [0.2, 0.25) is 11.8 Å². The van der Waals surface area contributed by atoms with Crippen molar-refractivity contribution in [3.63, 3.8) is 0 Å². The molecule has 0 aromatic heterocycles. The summed E-state index contributed by atoms with van der Waals surface area (Å²) in [6, 6.07) is -3.01. The van der Waals surface area contributed by atoms with Crippen LogP contribution in [0.15, 0.2) is 0 Å². The Morgan fingerprint density at radius 3 is 1.25 bits per heavy atom. The second-order valence-corrected chi connectivity index (χ2v) is 23.9. The number of aliphatic hydroxyl groups excluding tert-OH is 12. The van der Waals surface area contributed by atoms with Crippen LogP contribution in [0.4, 0.5) is 0 Å². The Bertz CT molecular complexity index is 1630. The van der Waals surface area contributed by atoms with Crippen molar-refractivity contribution in [2.24, 2.45) is 0 Å². The highest BCUT2D eigenvalue weighted by atomic mass is 16.8. The van der Waals surface area contributed by atoms with Crippen molar-refractivity contribution in [2.45, 2.75) is 349 Å². The normalized spacial score (nSPS) is 30.0. The summed E-state index contributed by atoms with van der Waals surface area (Å²) in [5.41, 5.74) is 0. The number of amides is 2. The van der Waals surface area contributed by atoms with Gasteiger partial charge >= 0.3 is 0 Å². The van der Waals surface area contributed by atoms with E-state index in [0.717, 1.165) is 64.7 Å². The van der Waals surface area contributed by atoms with Crippen LogP contribution < -0.4 is 10.6 Å². The quantitative estimate of drug-likeness (QED) is 0.0382. The number of unbranched alkanes of at least 4 members (excludes halogenated alkanes) is 29. The molecule has 490 valence electrons. The molecule has 0 radical (unpaired) electrons. The molecule has 3 aliphatic heterocycles. The fraction of sp³-hybridized carbons (Fsp3) is 0.967. The maximum absolute atomic E-state index is 13.8. The third-order valence-corrected chi connectivity index (χ3v) is 16.8. The molecule has 2 amide bonds. The predicted molar refractivity (Wildman–Crippen MR) is 310 cm³/mol. The predicted octanol–water partition coefficient (Wildman–Crippen LogP) is 4.08. The van der Waals surface area contributed by atoms with Gasteiger partial charge in [0.15, 0.2) is 18.9 Å². The first-order valence-electron chi connectivity index (χ1n) is 32.5. The summed E-state index contributed by atoms with van der Waals surface area (Å²) in [4.78, 5) is 26.1. The molecule has 0 aliphatic carbocycles. The van der Waals surface area contributed by atoms with E-state index in [1.807, 2.05) is 0 Å². The van der Waals surface area contributed by atoms with Gasteiger partial charge in [-0.3, -0.25) is 9.59 Å². The minimum Gasteiger partial charge on any atom is -0.394 e. The Kier molecular flexibility index (Phi) is 40.6. The molecule has 0 saturated carbocycles. The number of ether oxygens (including phenoxy) is 6. The monoisotopic (exact) mass is 1200 g/mol. The third-order valence-electron chi connectivity index (χ3n) is 16.8. The van der Waals surface area contributed by atoms with Crippen LogP contribution in [0.2, 0.25) is 0 Å². The van der Waals surface area contributed by atoms with E-state index in [9.17, 15) is 70.9 Å². The molecule has 3 fully saturated rings. The highest BCUT2D eigenvalue weighted by Gasteiger charge is 2.55. The van der Waals surface area contributed by atoms with Crippen molar-refractivity contribution < 1.29 is 99.3 Å². The zero-order valence-electron chi connectivity index (χ0n) is 50.8. The van der Waals surface area contributed by atoms with E-state index in [-0.39, 0.29) is 12.8 Å². The average molecular weight is 1200 g/mol. The van der Waals surface area contributed by atoms with Crippen LogP contribution in [-0.4, -0.2) is 216 Å². The average Bonchev–Trinajstić information content (AvgIpc) is 3.67. The fourth-order valence-corrected chi connectivity index (χ4v) is 11.4. The molecule has 19 atom stereocenters. The van der Waals surface area contributed by atoms with E-state index in [1.165, 1.54) is 128 Å². The second kappa shape index (κ2) is 44.6. The van der Waals surface area contributed by atoms with Gasteiger partial charge in [0, 0.05) is 6.92 Å². The first-order valence-corrected chi connectivity index (χ1v) is 32.5. The highest BCUT2D eigenvalue weighted by Crippen LogP contribution is 2.34. The Morgan fingerprint density at radius 2 is 0.819 bits per heavy atom. The summed E-state index contributed by atoms with van der Waals surface area (Å²) < 4.78 is 36.0. The van der Waals surface area contributed by atoms with Crippen LogP contribution in [0.5, 0.6) is 0 Å². The van der Waals surface area contributed by atoms with Crippen molar-refractivity contribution in [3.8, 4) is 0 Å². The maximum atomic E-state index is 13.8. The van der Waals surface area contributed by atoms with Crippen molar-refractivity contribution in [1.29, 1.82) is 0 Å². The van der Waals surface area contributed by atoms with Crippen molar-refractivity contribution in [2.75, 3.05) is 26.4 Å². The molecule has 14 N–H and O–H groups in total. The Labute approximate surface area is 495 Å². The van der Waals surface area contributed by atoms with Gasteiger partial charge in [0.1, 0.15) is 85.4 Å². The SMILES string of the molecule is CCCCCCCCCCCCCCCCCCCCCC[C@@H](O)C(=O)N[C@@H](CO[C@H]1O[C@H](CO)[C@H](O)[C@H](O[C@H]2O[C@H](CO)[C@H](O)[C@H](O)[C@H]2NC(C)=O)[C@H]1O[C@H]1O[C@H](CO)[C@@H](O)[C@H](O)[C@H]1O)[C@H](O)[C@H](O)CCCCCCCCCCCCC. The van der Waals surface area contributed by atoms with E-state index in [4.69, 9.17) is 28.4 Å². The summed E-state index contributed by atoms with van der Waals surface area (Å²) in [5.74, 6) is -1.56. The molecule has 0 spiro atoms. The number of hydrogen-bond acceptors (Lipinski definition) is 20. The van der Waals surface area contributed by atoms with Crippen LogP contribution in [0.25, 0.3) is 0 Å². The van der Waals surface area contributed by atoms with E-state index in [2.05, 4.69) is 24.5 Å². The molecule has 83 heavy (non-hydrogen) atoms. The summed E-state index contributed by atoms with van der Waals surface area (Å²) in [6.07, 6.45) is 6.45. The number of aliphatic hydroxyl groups is 12. The standard InChI is InChI=1S/C61H116N2O20/c1-4-6-8-10-12-14-16-17-18-19-20-21-22-23-24-26-28-30-32-34-36-44(69)58(77)63-42(49(70)43(68)35-33-31-29-27-25-15-13-11-9-7-5-2)40-78-61-57(83-60-55(76)54(75)51(72)46(38-65)80-60)56(52(73)47(39-66)81-61)82-59-48(62-41(3)67)53(74)50(71)45(37-64)79-59/h42-57,59-61,64-66,68-76H,4-40H2,1-3H3,(H,62,67)(H,63,77)/t42-,43+,44+,45+,46+,47+,48+,49-,50-,51+,52-,53+,54-,55+,56-,57+,59+,60+,61-/m0/s1. The van der Waals surface area contributed by atoms with Crippen molar-refractivity contribution in [3.05, 3.63) is 0 Å². The molecule has 0 aromatic carbocycles. The van der Waals surface area contributed by atoms with Crippen LogP contribution in [0.1, 0.15) is 233 Å². The zero-order valence-corrected chi connectivity index (χ0v) is 50.8. The first kappa shape index (κ1) is 75.5. The molecule has 3 rings (SSSR count). The number of carbonyl (C=O) groups is 2. The van der Waals surface area contributed by atoms with E-state index < -0.39 is 155 Å². The molecule has 0 unspecified atom stereocenters. The molecular weight excluding hydrogens is 1080 g/mol. The van der Waals surface area contributed by atoms with Gasteiger partial charge in [-0.15, -0.1) is 0 Å². The van der Waals surface area contributed by atoms with E-state index in [1.54, 1.807) is 0 Å². The van der Waals surface area contributed by atoms with Crippen LogP contribution in [0.3, 0.4) is 0 Å². The maximum Gasteiger partial charge on any atom is 0.249 e. The molecular formula is C61H116N2O20. The molecule has 3 heterocycles. The lowest BCUT2D eigenvalue weighted by atomic mass is 9.95. The second-order valence-electron chi connectivity index (χ2n) is 23.9. The van der Waals surface area contributed by atoms with Gasteiger partial charge in [0.05, 0.1) is 38.6 Å². The third kappa shape index (κ3) is 28.1.